The smallest absolute Gasteiger partial charge is 0.278 e. The summed E-state index contributed by atoms with van der Waals surface area (Å²) < 4.78 is 11.0. The Bertz CT molecular complexity index is 881. The lowest BCUT2D eigenvalue weighted by Crippen LogP contribution is -2.35. The van der Waals surface area contributed by atoms with Gasteiger partial charge < -0.3 is 14.8 Å². The van der Waals surface area contributed by atoms with Crippen molar-refractivity contribution in [2.45, 2.75) is 26.8 Å². The molecule has 3 rings (SSSR count). The number of amidine groups is 1. The van der Waals surface area contributed by atoms with E-state index < -0.39 is 0 Å². The Kier molecular flexibility index (Phi) is 9.13. The number of hydrogen-bond acceptors (Lipinski definition) is 7. The molecule has 9 heteroatoms. The van der Waals surface area contributed by atoms with Gasteiger partial charge in [0.15, 0.2) is 5.17 Å². The number of likely N-dealkylation sites (N-methyl/N-ethyl adjacent to an activating group) is 1. The molecule has 0 spiro atoms. The number of ether oxygens (including phenoxy) is 2. The van der Waals surface area contributed by atoms with Gasteiger partial charge in [0.1, 0.15) is 11.4 Å². The standard InChI is InChI=1S/C23H32N4O4S/c1-4-8-24-21(28)16-32-23-25-19(22(29)27(23)5-2)14-17-6-7-20(30-3)18(13-17)15-26-9-11-31-12-10-26/h6-7,13-14H,4-5,8-12,15-16H2,1-3H3,(H,24,28)/b19-14-. The number of carbonyl (C=O) groups excluding carboxylic acids is 2. The van der Waals surface area contributed by atoms with Crippen LogP contribution in [0.3, 0.4) is 0 Å². The Hall–Kier alpha value is -2.36. The van der Waals surface area contributed by atoms with E-state index in [1.165, 1.54) is 11.8 Å². The lowest BCUT2D eigenvalue weighted by atomic mass is 10.1. The molecule has 32 heavy (non-hydrogen) atoms. The van der Waals surface area contributed by atoms with E-state index in [2.05, 4.69) is 15.2 Å². The Balaban J connectivity index is 1.76. The predicted molar refractivity (Wildman–Crippen MR) is 128 cm³/mol. The Morgan fingerprint density at radius 3 is 2.78 bits per heavy atom. The number of thioether (sulfide) groups is 1. The van der Waals surface area contributed by atoms with E-state index in [1.807, 2.05) is 32.0 Å². The SMILES string of the molecule is CCCNC(=O)CSC1=N/C(=C\c2ccc(OC)c(CN3CCOCC3)c2)C(=O)N1CC. The molecule has 0 atom stereocenters. The Labute approximate surface area is 194 Å². The minimum atomic E-state index is -0.144. The molecule has 8 nitrogen and oxygen atoms in total. The van der Waals surface area contributed by atoms with E-state index in [9.17, 15) is 9.59 Å². The van der Waals surface area contributed by atoms with Crippen LogP contribution in [0.15, 0.2) is 28.9 Å². The van der Waals surface area contributed by atoms with Crippen LogP contribution in [0.5, 0.6) is 5.75 Å². The minimum absolute atomic E-state index is 0.0524. The zero-order valence-corrected chi connectivity index (χ0v) is 19.9. The zero-order chi connectivity index (χ0) is 22.9. The van der Waals surface area contributed by atoms with Gasteiger partial charge in [-0.25, -0.2) is 4.99 Å². The molecule has 1 aromatic rings. The molecule has 0 aliphatic carbocycles. The van der Waals surface area contributed by atoms with Crippen molar-refractivity contribution in [2.75, 3.05) is 52.3 Å². The molecule has 174 valence electrons. The highest BCUT2D eigenvalue weighted by atomic mass is 32.2. The first-order valence-electron chi connectivity index (χ1n) is 11.0. The lowest BCUT2D eigenvalue weighted by Gasteiger charge is -2.27. The molecular formula is C23H32N4O4S. The van der Waals surface area contributed by atoms with Gasteiger partial charge in [0.25, 0.3) is 5.91 Å². The highest BCUT2D eigenvalue weighted by molar-refractivity contribution is 8.14. The van der Waals surface area contributed by atoms with Gasteiger partial charge in [-0.3, -0.25) is 19.4 Å². The number of benzene rings is 1. The summed E-state index contributed by atoms with van der Waals surface area (Å²) in [7, 11) is 1.67. The summed E-state index contributed by atoms with van der Waals surface area (Å²) in [5.41, 5.74) is 2.34. The normalized spacial score (nSPS) is 18.2. The number of morpholine rings is 1. The first-order valence-corrected chi connectivity index (χ1v) is 12.0. The third kappa shape index (κ3) is 6.34. The first-order chi connectivity index (χ1) is 15.5. The molecule has 2 aliphatic rings. The maximum Gasteiger partial charge on any atom is 0.278 e. The predicted octanol–water partition coefficient (Wildman–Crippen LogP) is 2.35. The van der Waals surface area contributed by atoms with Gasteiger partial charge in [-0.05, 0) is 37.1 Å². The van der Waals surface area contributed by atoms with Crippen molar-refractivity contribution in [1.82, 2.24) is 15.1 Å². The number of carbonyl (C=O) groups is 2. The van der Waals surface area contributed by atoms with Crippen LogP contribution in [0, 0.1) is 0 Å². The van der Waals surface area contributed by atoms with Gasteiger partial charge in [-0.15, -0.1) is 0 Å². The van der Waals surface area contributed by atoms with Gasteiger partial charge in [0.2, 0.25) is 5.91 Å². The largest absolute Gasteiger partial charge is 0.496 e. The summed E-state index contributed by atoms with van der Waals surface area (Å²) in [6.07, 6.45) is 2.69. The van der Waals surface area contributed by atoms with E-state index in [-0.39, 0.29) is 17.6 Å². The van der Waals surface area contributed by atoms with Crippen molar-refractivity contribution in [3.8, 4) is 5.75 Å². The molecule has 1 saturated heterocycles. The highest BCUT2D eigenvalue weighted by Crippen LogP contribution is 2.27. The molecule has 2 aliphatic heterocycles. The van der Waals surface area contributed by atoms with Gasteiger partial charge in [-0.1, -0.05) is 24.8 Å². The average Bonchev–Trinajstić information content (AvgIpc) is 3.11. The monoisotopic (exact) mass is 460 g/mol. The fourth-order valence-corrected chi connectivity index (χ4v) is 4.43. The third-order valence-electron chi connectivity index (χ3n) is 5.24. The molecule has 1 fully saturated rings. The number of rotatable bonds is 9. The van der Waals surface area contributed by atoms with Crippen molar-refractivity contribution < 1.29 is 19.1 Å². The van der Waals surface area contributed by atoms with Crippen molar-refractivity contribution in [2.24, 2.45) is 4.99 Å². The zero-order valence-electron chi connectivity index (χ0n) is 19.1. The molecule has 0 radical (unpaired) electrons. The molecule has 2 heterocycles. The average molecular weight is 461 g/mol. The number of hydrogen-bond donors (Lipinski definition) is 1. The second-order valence-electron chi connectivity index (χ2n) is 7.57. The summed E-state index contributed by atoms with van der Waals surface area (Å²) >= 11 is 1.29. The second kappa shape index (κ2) is 12.0. The van der Waals surface area contributed by atoms with Crippen molar-refractivity contribution in [3.05, 3.63) is 35.0 Å². The van der Waals surface area contributed by atoms with Crippen LogP contribution >= 0.6 is 11.8 Å². The topological polar surface area (TPSA) is 83.5 Å². The third-order valence-corrected chi connectivity index (χ3v) is 6.21. The molecule has 1 N–H and O–H groups in total. The number of aliphatic imine (C=N–C) groups is 1. The molecule has 0 saturated carbocycles. The molecular weight excluding hydrogens is 428 g/mol. The fourth-order valence-electron chi connectivity index (χ4n) is 3.53. The van der Waals surface area contributed by atoms with E-state index in [0.717, 1.165) is 56.1 Å². The number of amides is 2. The van der Waals surface area contributed by atoms with Crippen molar-refractivity contribution in [1.29, 1.82) is 0 Å². The summed E-state index contributed by atoms with van der Waals surface area (Å²) in [4.78, 5) is 33.3. The maximum absolute atomic E-state index is 12.9. The van der Waals surface area contributed by atoms with Crippen LogP contribution in [-0.4, -0.2) is 79.0 Å². The Morgan fingerprint density at radius 2 is 2.09 bits per heavy atom. The number of methoxy groups -OCH3 is 1. The van der Waals surface area contributed by atoms with Crippen LogP contribution < -0.4 is 10.1 Å². The van der Waals surface area contributed by atoms with Crippen LogP contribution in [-0.2, 0) is 20.9 Å². The summed E-state index contributed by atoms with van der Waals surface area (Å²) in [5, 5.41) is 3.41. The minimum Gasteiger partial charge on any atom is -0.496 e. The van der Waals surface area contributed by atoms with Crippen LogP contribution in [0.25, 0.3) is 6.08 Å². The van der Waals surface area contributed by atoms with Crippen LogP contribution in [0.2, 0.25) is 0 Å². The molecule has 2 amide bonds. The van der Waals surface area contributed by atoms with Crippen molar-refractivity contribution in [3.63, 3.8) is 0 Å². The Morgan fingerprint density at radius 1 is 1.31 bits per heavy atom. The van der Waals surface area contributed by atoms with Crippen molar-refractivity contribution >= 4 is 34.8 Å². The van der Waals surface area contributed by atoms with E-state index in [0.29, 0.717) is 24.0 Å². The fraction of sp³-hybridized carbons (Fsp3) is 0.522. The molecule has 1 aromatic carbocycles. The summed E-state index contributed by atoms with van der Waals surface area (Å²) in [6.45, 7) is 9.07. The molecule has 0 aromatic heterocycles. The van der Waals surface area contributed by atoms with Gasteiger partial charge in [0.05, 0.1) is 26.1 Å². The van der Waals surface area contributed by atoms with E-state index >= 15 is 0 Å². The van der Waals surface area contributed by atoms with Gasteiger partial charge >= 0.3 is 0 Å². The van der Waals surface area contributed by atoms with Gasteiger partial charge in [-0.2, -0.15) is 0 Å². The molecule has 0 unspecified atom stereocenters. The highest BCUT2D eigenvalue weighted by Gasteiger charge is 2.29. The lowest BCUT2D eigenvalue weighted by molar-refractivity contribution is -0.122. The second-order valence-corrected chi connectivity index (χ2v) is 8.51. The quantitative estimate of drug-likeness (QED) is 0.570. The number of nitrogens with zero attached hydrogens (tertiary/aromatic N) is 3. The van der Waals surface area contributed by atoms with Crippen LogP contribution in [0.1, 0.15) is 31.4 Å². The molecule has 0 bridgehead atoms. The summed E-state index contributed by atoms with van der Waals surface area (Å²) in [5.74, 6) is 0.865. The first kappa shape index (κ1) is 24.3. The maximum atomic E-state index is 12.9. The number of nitrogens with one attached hydrogen (secondary N) is 1. The van der Waals surface area contributed by atoms with Gasteiger partial charge in [0, 0.05) is 38.3 Å². The van der Waals surface area contributed by atoms with E-state index in [4.69, 9.17) is 9.47 Å². The van der Waals surface area contributed by atoms with Crippen LogP contribution in [0.4, 0.5) is 0 Å². The summed E-state index contributed by atoms with van der Waals surface area (Å²) in [6, 6.07) is 5.90. The van der Waals surface area contributed by atoms with E-state index in [1.54, 1.807) is 18.1 Å².